The average molecular weight is 383 g/mol. The van der Waals surface area contributed by atoms with Crippen LogP contribution in [0.25, 0.3) is 0 Å². The number of alkyl halides is 1. The van der Waals surface area contributed by atoms with Gasteiger partial charge in [-0.1, -0.05) is 22.6 Å². The van der Waals surface area contributed by atoms with E-state index in [1.54, 1.807) is 0 Å². The van der Waals surface area contributed by atoms with Crippen molar-refractivity contribution in [2.24, 2.45) is 11.5 Å². The van der Waals surface area contributed by atoms with E-state index in [1.807, 2.05) is 6.92 Å². The number of primary amides is 1. The summed E-state index contributed by atoms with van der Waals surface area (Å²) in [5, 5.41) is 3.62. The molecule has 0 unspecified atom stereocenters. The first-order chi connectivity index (χ1) is 7.97. The summed E-state index contributed by atoms with van der Waals surface area (Å²) >= 11 is 8.61. The van der Waals surface area contributed by atoms with Crippen LogP contribution < -0.4 is 16.8 Å². The van der Waals surface area contributed by atoms with Gasteiger partial charge in [0.2, 0.25) is 0 Å². The number of anilines is 1. The van der Waals surface area contributed by atoms with Crippen LogP contribution in [0.4, 0.5) is 5.00 Å². The Balaban J connectivity index is 3.10. The van der Waals surface area contributed by atoms with E-state index < -0.39 is 5.91 Å². The predicted octanol–water partition coefficient (Wildman–Crippen LogP) is 2.18. The first-order valence-corrected chi connectivity index (χ1v) is 7.76. The molecular formula is C10H14IN3OS2. The summed E-state index contributed by atoms with van der Waals surface area (Å²) in [7, 11) is 0. The second-order valence-electron chi connectivity index (χ2n) is 3.50. The minimum atomic E-state index is -0.446. The fourth-order valence-corrected chi connectivity index (χ4v) is 3.34. The molecule has 0 aliphatic carbocycles. The molecule has 0 saturated heterocycles. The Bertz CT molecular complexity index is 445. The Morgan fingerprint density at radius 3 is 2.65 bits per heavy atom. The molecule has 1 aromatic heterocycles. The third-order valence-electron chi connectivity index (χ3n) is 2.27. The molecule has 1 amide bonds. The lowest BCUT2D eigenvalue weighted by Gasteiger charge is -2.02. The number of hydrogen-bond donors (Lipinski definition) is 3. The van der Waals surface area contributed by atoms with Gasteiger partial charge in [-0.2, -0.15) is 0 Å². The van der Waals surface area contributed by atoms with E-state index in [1.165, 1.54) is 11.3 Å². The molecule has 0 aliphatic rings. The van der Waals surface area contributed by atoms with Gasteiger partial charge in [0.1, 0.15) is 5.00 Å². The summed E-state index contributed by atoms with van der Waals surface area (Å²) in [4.78, 5) is 12.6. The molecule has 1 aromatic rings. The predicted molar refractivity (Wildman–Crippen MR) is 85.2 cm³/mol. The number of thiocarbonyl (C=S) groups is 1. The fourth-order valence-electron chi connectivity index (χ4n) is 1.52. The molecule has 4 nitrogen and oxygen atoms in total. The lowest BCUT2D eigenvalue weighted by molar-refractivity contribution is 0.100. The largest absolute Gasteiger partial charge is 0.376 e. The summed E-state index contributed by atoms with van der Waals surface area (Å²) in [5.74, 6) is -0.446. The molecule has 0 radical (unpaired) electrons. The van der Waals surface area contributed by atoms with Gasteiger partial charge in [-0.15, -0.1) is 11.3 Å². The number of halogens is 1. The van der Waals surface area contributed by atoms with Crippen LogP contribution in [0.15, 0.2) is 0 Å². The molecule has 1 heterocycles. The zero-order valence-corrected chi connectivity index (χ0v) is 13.2. The van der Waals surface area contributed by atoms with Gasteiger partial charge in [0.05, 0.1) is 5.56 Å². The van der Waals surface area contributed by atoms with Gasteiger partial charge in [-0.3, -0.25) is 4.79 Å². The summed E-state index contributed by atoms with van der Waals surface area (Å²) < 4.78 is 1.08. The SMILES string of the molecule is Cc1c(CCCI)sc(NC(N)=S)c1C(N)=O. The highest BCUT2D eigenvalue weighted by Gasteiger charge is 2.19. The number of carbonyl (C=O) groups excluding carboxylic acids is 1. The maximum Gasteiger partial charge on any atom is 0.251 e. The third-order valence-corrected chi connectivity index (χ3v) is 4.40. The molecule has 0 saturated carbocycles. The molecule has 17 heavy (non-hydrogen) atoms. The fraction of sp³-hybridized carbons (Fsp3) is 0.400. The highest BCUT2D eigenvalue weighted by molar-refractivity contribution is 14.1. The van der Waals surface area contributed by atoms with Gasteiger partial charge >= 0.3 is 0 Å². The zero-order chi connectivity index (χ0) is 13.0. The molecule has 1 rings (SSSR count). The lowest BCUT2D eigenvalue weighted by atomic mass is 10.1. The highest BCUT2D eigenvalue weighted by Crippen LogP contribution is 2.33. The molecule has 0 fully saturated rings. The number of thiophene rings is 1. The van der Waals surface area contributed by atoms with Gasteiger partial charge in [0.15, 0.2) is 5.11 Å². The van der Waals surface area contributed by atoms with Crippen molar-refractivity contribution in [3.05, 3.63) is 16.0 Å². The molecular weight excluding hydrogens is 369 g/mol. The molecule has 0 spiro atoms. The van der Waals surface area contributed by atoms with Crippen molar-refractivity contribution in [3.8, 4) is 0 Å². The third kappa shape index (κ3) is 3.78. The normalized spacial score (nSPS) is 10.2. The maximum absolute atomic E-state index is 11.4. The molecule has 0 atom stereocenters. The minimum absolute atomic E-state index is 0.147. The number of rotatable bonds is 5. The lowest BCUT2D eigenvalue weighted by Crippen LogP contribution is -2.21. The Hall–Kier alpha value is -0.410. The molecule has 0 aromatic carbocycles. The number of nitrogens with one attached hydrogen (secondary N) is 1. The second-order valence-corrected chi connectivity index (χ2v) is 6.12. The second kappa shape index (κ2) is 6.50. The van der Waals surface area contributed by atoms with Crippen LogP contribution in [-0.2, 0) is 6.42 Å². The Kier molecular flexibility index (Phi) is 5.60. The van der Waals surface area contributed by atoms with Crippen molar-refractivity contribution in [1.82, 2.24) is 0 Å². The zero-order valence-electron chi connectivity index (χ0n) is 9.38. The van der Waals surface area contributed by atoms with Gasteiger partial charge in [0, 0.05) is 4.88 Å². The Morgan fingerprint density at radius 1 is 1.53 bits per heavy atom. The van der Waals surface area contributed by atoms with Crippen LogP contribution >= 0.6 is 46.1 Å². The summed E-state index contributed by atoms with van der Waals surface area (Å²) in [6.45, 7) is 1.91. The first-order valence-electron chi connectivity index (χ1n) is 5.01. The van der Waals surface area contributed by atoms with Crippen molar-refractivity contribution in [1.29, 1.82) is 0 Å². The number of amides is 1. The van der Waals surface area contributed by atoms with Gasteiger partial charge in [0.25, 0.3) is 5.91 Å². The van der Waals surface area contributed by atoms with E-state index in [0.717, 1.165) is 27.7 Å². The standard InChI is InChI=1S/C10H14IN3OS2/c1-5-6(3-2-4-11)17-9(14-10(13)16)7(5)8(12)15/h2-4H2,1H3,(H2,12,15)(H3,13,14,16). The van der Waals surface area contributed by atoms with Gasteiger partial charge in [-0.25, -0.2) is 0 Å². The topological polar surface area (TPSA) is 81.1 Å². The average Bonchev–Trinajstić information content (AvgIpc) is 2.51. The highest BCUT2D eigenvalue weighted by atomic mass is 127. The van der Waals surface area contributed by atoms with E-state index in [4.69, 9.17) is 23.7 Å². The summed E-state index contributed by atoms with van der Waals surface area (Å²) in [5.41, 5.74) is 12.2. The maximum atomic E-state index is 11.4. The Labute approximate surface area is 123 Å². The van der Waals surface area contributed by atoms with Crippen molar-refractivity contribution >= 4 is 62.2 Å². The molecule has 0 aliphatic heterocycles. The first kappa shape index (κ1) is 14.7. The number of carbonyl (C=O) groups is 1. The van der Waals surface area contributed by atoms with Crippen LogP contribution in [-0.4, -0.2) is 15.4 Å². The van der Waals surface area contributed by atoms with Gasteiger partial charge < -0.3 is 16.8 Å². The molecule has 5 N–H and O–H groups in total. The van der Waals surface area contributed by atoms with Crippen LogP contribution in [0.1, 0.15) is 27.2 Å². The van der Waals surface area contributed by atoms with Crippen molar-refractivity contribution in [3.63, 3.8) is 0 Å². The molecule has 7 heteroatoms. The van der Waals surface area contributed by atoms with E-state index in [9.17, 15) is 4.79 Å². The van der Waals surface area contributed by atoms with Gasteiger partial charge in [-0.05, 0) is 42.0 Å². The monoisotopic (exact) mass is 383 g/mol. The van der Waals surface area contributed by atoms with Crippen molar-refractivity contribution < 1.29 is 4.79 Å². The molecule has 94 valence electrons. The smallest absolute Gasteiger partial charge is 0.251 e. The van der Waals surface area contributed by atoms with E-state index >= 15 is 0 Å². The van der Waals surface area contributed by atoms with Crippen LogP contribution in [0.5, 0.6) is 0 Å². The van der Waals surface area contributed by atoms with Crippen LogP contribution in [0, 0.1) is 6.92 Å². The van der Waals surface area contributed by atoms with E-state index in [-0.39, 0.29) is 5.11 Å². The number of aryl methyl sites for hydroxylation is 1. The number of nitrogens with two attached hydrogens (primary N) is 2. The quantitative estimate of drug-likeness (QED) is 0.414. The minimum Gasteiger partial charge on any atom is -0.376 e. The van der Waals surface area contributed by atoms with Crippen molar-refractivity contribution in [2.45, 2.75) is 19.8 Å². The number of hydrogen-bond acceptors (Lipinski definition) is 3. The van der Waals surface area contributed by atoms with E-state index in [0.29, 0.717) is 10.6 Å². The van der Waals surface area contributed by atoms with Crippen LogP contribution in [0.3, 0.4) is 0 Å². The summed E-state index contributed by atoms with van der Waals surface area (Å²) in [6.07, 6.45) is 2.02. The summed E-state index contributed by atoms with van der Waals surface area (Å²) in [6, 6.07) is 0. The van der Waals surface area contributed by atoms with E-state index in [2.05, 4.69) is 27.9 Å². The van der Waals surface area contributed by atoms with Crippen LogP contribution in [0.2, 0.25) is 0 Å². The molecule has 0 bridgehead atoms. The Morgan fingerprint density at radius 2 is 2.18 bits per heavy atom. The van der Waals surface area contributed by atoms with Crippen molar-refractivity contribution in [2.75, 3.05) is 9.74 Å².